The number of hydrogen-bond acceptors (Lipinski definition) is 10. The van der Waals surface area contributed by atoms with Gasteiger partial charge in [-0.3, -0.25) is 0 Å². The summed E-state index contributed by atoms with van der Waals surface area (Å²) in [4.78, 5) is 59.6. The monoisotopic (exact) mass is 317 g/mol. The summed E-state index contributed by atoms with van der Waals surface area (Å²) in [6.07, 6.45) is 0.996. The molecular weight excluding hydrogens is 302 g/mol. The molecule has 10 nitrogen and oxygen atoms in total. The van der Waals surface area contributed by atoms with E-state index in [2.05, 4.69) is 32.7 Å². The van der Waals surface area contributed by atoms with Gasteiger partial charge in [0.2, 0.25) is 0 Å². The van der Waals surface area contributed by atoms with E-state index in [-0.39, 0.29) is 25.9 Å². The molecule has 0 radical (unpaired) electrons. The van der Waals surface area contributed by atoms with Crippen LogP contribution in [0.25, 0.3) is 0 Å². The summed E-state index contributed by atoms with van der Waals surface area (Å²) in [6, 6.07) is 0. The lowest BCUT2D eigenvalue weighted by atomic mass is 10.4. The van der Waals surface area contributed by atoms with Gasteiger partial charge >= 0.3 is 23.9 Å². The molecule has 0 rings (SSSR count). The first-order valence-electron chi connectivity index (χ1n) is 5.90. The average molecular weight is 317 g/mol. The van der Waals surface area contributed by atoms with Gasteiger partial charge in [-0.15, -0.1) is 0 Å². The molecule has 0 aromatic rings. The van der Waals surface area contributed by atoms with E-state index in [1.165, 1.54) is 0 Å². The van der Waals surface area contributed by atoms with Crippen molar-refractivity contribution in [3.05, 3.63) is 25.3 Å². The zero-order chi connectivity index (χ0) is 17.0. The Labute approximate surface area is 125 Å². The smallest absolute Gasteiger partial charge is 0.314 e. The van der Waals surface area contributed by atoms with Crippen LogP contribution in [0.5, 0.6) is 0 Å². The summed E-state index contributed by atoms with van der Waals surface area (Å²) >= 11 is 0. The number of hydroxylamine groups is 2. The van der Waals surface area contributed by atoms with Gasteiger partial charge in [-0.25, -0.2) is 38.7 Å². The van der Waals surface area contributed by atoms with E-state index in [0.717, 1.165) is 12.2 Å². The van der Waals surface area contributed by atoms with E-state index >= 15 is 0 Å². The maximum atomic E-state index is 11.1. The van der Waals surface area contributed by atoms with Crippen LogP contribution in [0.1, 0.15) is 12.8 Å². The molecule has 0 aliphatic rings. The number of rotatable bonds is 8. The van der Waals surface area contributed by atoms with E-state index < -0.39 is 23.9 Å². The molecule has 0 aliphatic carbocycles. The molecular formula is C12H15NO9. The van der Waals surface area contributed by atoms with Gasteiger partial charge in [0.25, 0.3) is 0 Å². The largest absolute Gasteiger partial charge is 0.378 e. The summed E-state index contributed by atoms with van der Waals surface area (Å²) in [7, 11) is 0. The van der Waals surface area contributed by atoms with E-state index in [9.17, 15) is 24.4 Å². The van der Waals surface area contributed by atoms with Crippen molar-refractivity contribution in [3.8, 4) is 0 Å². The van der Waals surface area contributed by atoms with Crippen molar-refractivity contribution in [2.75, 3.05) is 13.1 Å². The lowest BCUT2D eigenvalue weighted by molar-refractivity contribution is -0.257. The normalized spacial score (nSPS) is 9.55. The summed E-state index contributed by atoms with van der Waals surface area (Å²) in [5.74, 6) is -3.69. The van der Waals surface area contributed by atoms with Gasteiger partial charge in [0.1, 0.15) is 0 Å². The van der Waals surface area contributed by atoms with Crippen LogP contribution in [0.15, 0.2) is 25.3 Å². The van der Waals surface area contributed by atoms with Crippen LogP contribution < -0.4 is 0 Å². The van der Waals surface area contributed by atoms with Crippen molar-refractivity contribution >= 4 is 23.9 Å². The van der Waals surface area contributed by atoms with Crippen molar-refractivity contribution in [1.29, 1.82) is 0 Å². The molecule has 0 saturated carbocycles. The molecule has 0 atom stereocenters. The van der Waals surface area contributed by atoms with Crippen molar-refractivity contribution in [2.45, 2.75) is 12.8 Å². The van der Waals surface area contributed by atoms with Crippen LogP contribution in [-0.4, -0.2) is 47.2 Å². The Kier molecular flexibility index (Phi) is 9.64. The zero-order valence-corrected chi connectivity index (χ0v) is 11.6. The molecule has 10 heteroatoms. The standard InChI is InChI=1S/C12H15NO9/c1-3-9(14)19-21-11(16)5-7-13(18)8-6-12(17)22-20-10(15)4-2/h3-4,18H,1-2,5-8H2. The molecule has 0 fully saturated rings. The van der Waals surface area contributed by atoms with Gasteiger partial charge in [-0.2, -0.15) is 5.06 Å². The molecule has 0 aliphatic heterocycles. The van der Waals surface area contributed by atoms with Crippen molar-refractivity contribution in [1.82, 2.24) is 5.06 Å². The fraction of sp³-hybridized carbons (Fsp3) is 0.333. The molecule has 1 N–H and O–H groups in total. The Morgan fingerprint density at radius 3 is 1.50 bits per heavy atom. The van der Waals surface area contributed by atoms with Gasteiger partial charge in [-0.05, 0) is 0 Å². The molecule has 0 heterocycles. The van der Waals surface area contributed by atoms with Crippen LogP contribution in [0.4, 0.5) is 0 Å². The van der Waals surface area contributed by atoms with E-state index in [0.29, 0.717) is 5.06 Å². The first-order valence-corrected chi connectivity index (χ1v) is 5.90. The SMILES string of the molecule is C=CC(=O)OOC(=O)CCN(O)CCC(=O)OOC(=O)C=C. The van der Waals surface area contributed by atoms with E-state index in [4.69, 9.17) is 0 Å². The minimum atomic E-state index is -0.939. The van der Waals surface area contributed by atoms with Gasteiger partial charge in [0.15, 0.2) is 0 Å². The molecule has 0 spiro atoms. The highest BCUT2D eigenvalue weighted by molar-refractivity contribution is 5.82. The molecule has 0 bridgehead atoms. The van der Waals surface area contributed by atoms with Crippen LogP contribution in [-0.2, 0) is 38.7 Å². The molecule has 0 amide bonds. The van der Waals surface area contributed by atoms with Crippen LogP contribution >= 0.6 is 0 Å². The Morgan fingerprint density at radius 1 is 0.818 bits per heavy atom. The van der Waals surface area contributed by atoms with Crippen molar-refractivity contribution in [2.24, 2.45) is 0 Å². The lowest BCUT2D eigenvalue weighted by Gasteiger charge is -2.12. The average Bonchev–Trinajstić information content (AvgIpc) is 2.53. The van der Waals surface area contributed by atoms with Gasteiger partial charge < -0.3 is 5.21 Å². The second-order valence-electron chi connectivity index (χ2n) is 3.58. The van der Waals surface area contributed by atoms with Gasteiger partial charge in [0, 0.05) is 25.2 Å². The summed E-state index contributed by atoms with van der Waals surface area (Å²) in [5.41, 5.74) is 0. The maximum absolute atomic E-state index is 11.1. The Balaban J connectivity index is 3.78. The summed E-state index contributed by atoms with van der Waals surface area (Å²) in [6.45, 7) is 5.80. The van der Waals surface area contributed by atoms with Crippen molar-refractivity contribution < 1.29 is 43.9 Å². The van der Waals surface area contributed by atoms with E-state index in [1.54, 1.807) is 0 Å². The zero-order valence-electron chi connectivity index (χ0n) is 11.6. The highest BCUT2D eigenvalue weighted by atomic mass is 17.2. The summed E-state index contributed by atoms with van der Waals surface area (Å²) < 4.78 is 0. The van der Waals surface area contributed by atoms with E-state index in [1.807, 2.05) is 0 Å². The first-order chi connectivity index (χ1) is 10.4. The molecule has 0 saturated heterocycles. The Morgan fingerprint density at radius 2 is 1.18 bits per heavy atom. The minimum Gasteiger partial charge on any atom is -0.314 e. The number of carbonyl (C=O) groups excluding carboxylic acids is 4. The second kappa shape index (κ2) is 11.0. The molecule has 0 aromatic heterocycles. The fourth-order valence-corrected chi connectivity index (χ4v) is 0.879. The van der Waals surface area contributed by atoms with Crippen LogP contribution in [0.2, 0.25) is 0 Å². The quantitative estimate of drug-likeness (QED) is 0.366. The van der Waals surface area contributed by atoms with Gasteiger partial charge in [-0.1, -0.05) is 13.2 Å². The third-order valence-electron chi connectivity index (χ3n) is 1.91. The van der Waals surface area contributed by atoms with Crippen LogP contribution in [0.3, 0.4) is 0 Å². The van der Waals surface area contributed by atoms with Gasteiger partial charge in [0.05, 0.1) is 12.8 Å². The molecule has 122 valence electrons. The number of hydrogen-bond donors (Lipinski definition) is 1. The topological polar surface area (TPSA) is 129 Å². The Bertz CT molecular complexity index is 406. The van der Waals surface area contributed by atoms with Crippen molar-refractivity contribution in [3.63, 3.8) is 0 Å². The number of nitrogens with zero attached hydrogens (tertiary/aromatic N) is 1. The third-order valence-corrected chi connectivity index (χ3v) is 1.91. The maximum Gasteiger partial charge on any atom is 0.378 e. The van der Waals surface area contributed by atoms with Crippen LogP contribution in [0, 0.1) is 0 Å². The second-order valence-corrected chi connectivity index (χ2v) is 3.58. The third kappa shape index (κ3) is 10.1. The fourth-order valence-electron chi connectivity index (χ4n) is 0.879. The number of carbonyl (C=O) groups is 4. The Hall–Kier alpha value is -2.72. The molecule has 22 heavy (non-hydrogen) atoms. The lowest BCUT2D eigenvalue weighted by Crippen LogP contribution is -2.26. The first kappa shape index (κ1) is 19.3. The minimum absolute atomic E-state index is 0.190. The predicted octanol–water partition coefficient (Wildman–Crippen LogP) is -0.167. The highest BCUT2D eigenvalue weighted by Crippen LogP contribution is 1.96. The summed E-state index contributed by atoms with van der Waals surface area (Å²) in [5, 5.41) is 10.00. The molecule has 0 aromatic carbocycles. The molecule has 0 unspecified atom stereocenters. The highest BCUT2D eigenvalue weighted by Gasteiger charge is 2.13. The predicted molar refractivity (Wildman–Crippen MR) is 67.4 cm³/mol.